The highest BCUT2D eigenvalue weighted by atomic mass is 16.6. The summed E-state index contributed by atoms with van der Waals surface area (Å²) in [7, 11) is 0. The molecule has 0 saturated carbocycles. The van der Waals surface area contributed by atoms with Crippen LogP contribution in [0.1, 0.15) is 16.8 Å². The number of hydrogen-bond acceptors (Lipinski definition) is 3. The topological polar surface area (TPSA) is 45.7 Å². The third-order valence-electron chi connectivity index (χ3n) is 2.97. The van der Waals surface area contributed by atoms with E-state index in [2.05, 4.69) is 4.98 Å². The summed E-state index contributed by atoms with van der Waals surface area (Å²) in [6.07, 6.45) is 4.97. The Hall–Kier alpha value is -1.42. The Labute approximate surface area is 87.9 Å². The molecule has 0 N–H and O–H groups in total. The Bertz CT molecular complexity index is 379. The molecule has 78 valence electrons. The van der Waals surface area contributed by atoms with Gasteiger partial charge in [0.05, 0.1) is 11.7 Å². The minimum Gasteiger partial charge on any atom is -0.368 e. The molecule has 1 aromatic heterocycles. The molecule has 4 nitrogen and oxygen atoms in total. The van der Waals surface area contributed by atoms with E-state index in [0.717, 1.165) is 19.5 Å². The van der Waals surface area contributed by atoms with E-state index in [1.807, 2.05) is 4.90 Å². The van der Waals surface area contributed by atoms with Gasteiger partial charge < -0.3 is 9.64 Å². The minimum atomic E-state index is 0.0667. The van der Waals surface area contributed by atoms with Crippen LogP contribution >= 0.6 is 0 Å². The third kappa shape index (κ3) is 1.61. The van der Waals surface area contributed by atoms with E-state index in [1.54, 1.807) is 24.5 Å². The van der Waals surface area contributed by atoms with Crippen molar-refractivity contribution in [2.75, 3.05) is 13.1 Å². The number of nitrogens with zero attached hydrogens (tertiary/aromatic N) is 2. The molecule has 0 spiro atoms. The Morgan fingerprint density at radius 1 is 1.53 bits per heavy atom. The number of amides is 1. The van der Waals surface area contributed by atoms with Crippen molar-refractivity contribution in [2.45, 2.75) is 18.6 Å². The molecule has 0 bridgehead atoms. The van der Waals surface area contributed by atoms with Crippen LogP contribution in [0.25, 0.3) is 0 Å². The van der Waals surface area contributed by atoms with Gasteiger partial charge in [-0.15, -0.1) is 0 Å². The van der Waals surface area contributed by atoms with Gasteiger partial charge in [-0.3, -0.25) is 9.78 Å². The maximum Gasteiger partial charge on any atom is 0.255 e. The molecule has 0 unspecified atom stereocenters. The van der Waals surface area contributed by atoms with Gasteiger partial charge in [-0.25, -0.2) is 0 Å². The van der Waals surface area contributed by atoms with E-state index in [4.69, 9.17) is 4.74 Å². The first-order valence-corrected chi connectivity index (χ1v) is 5.19. The number of rotatable bonds is 1. The summed E-state index contributed by atoms with van der Waals surface area (Å²) in [5, 5.41) is 0. The monoisotopic (exact) mass is 204 g/mol. The molecule has 0 radical (unpaired) electrons. The van der Waals surface area contributed by atoms with E-state index < -0.39 is 0 Å². The predicted molar refractivity (Wildman–Crippen MR) is 53.4 cm³/mol. The fourth-order valence-corrected chi connectivity index (χ4v) is 2.04. The summed E-state index contributed by atoms with van der Waals surface area (Å²) in [4.78, 5) is 17.8. The van der Waals surface area contributed by atoms with Gasteiger partial charge in [-0.1, -0.05) is 0 Å². The lowest BCUT2D eigenvalue weighted by molar-refractivity contribution is 0.0736. The van der Waals surface area contributed by atoms with E-state index in [1.165, 1.54) is 0 Å². The molecule has 15 heavy (non-hydrogen) atoms. The van der Waals surface area contributed by atoms with Crippen molar-refractivity contribution in [1.29, 1.82) is 0 Å². The van der Waals surface area contributed by atoms with Crippen LogP contribution < -0.4 is 0 Å². The molecule has 1 aromatic rings. The van der Waals surface area contributed by atoms with Gasteiger partial charge >= 0.3 is 0 Å². The average molecular weight is 204 g/mol. The highest BCUT2D eigenvalue weighted by molar-refractivity contribution is 5.94. The summed E-state index contributed by atoms with van der Waals surface area (Å²) in [5.74, 6) is 0.0667. The van der Waals surface area contributed by atoms with Crippen LogP contribution in [0, 0.1) is 0 Å². The summed E-state index contributed by atoms with van der Waals surface area (Å²) in [6.45, 7) is 1.54. The lowest BCUT2D eigenvalue weighted by Gasteiger charge is -2.24. The van der Waals surface area contributed by atoms with E-state index in [9.17, 15) is 4.79 Å². The first-order chi connectivity index (χ1) is 7.34. The molecular weight excluding hydrogens is 192 g/mol. The number of fused-ring (bicyclic) bond motifs is 1. The van der Waals surface area contributed by atoms with Gasteiger partial charge in [0, 0.05) is 25.5 Å². The largest absolute Gasteiger partial charge is 0.368 e. The number of epoxide rings is 1. The number of aromatic nitrogens is 1. The predicted octanol–water partition coefficient (Wildman–Crippen LogP) is 0.695. The fourth-order valence-electron chi connectivity index (χ4n) is 2.04. The van der Waals surface area contributed by atoms with Crippen molar-refractivity contribution in [3.8, 4) is 0 Å². The maximum absolute atomic E-state index is 12.0. The van der Waals surface area contributed by atoms with Crippen LogP contribution in [0.3, 0.4) is 0 Å². The second-order valence-corrected chi connectivity index (χ2v) is 3.99. The Kier molecular flexibility index (Phi) is 1.95. The zero-order valence-corrected chi connectivity index (χ0v) is 8.30. The summed E-state index contributed by atoms with van der Waals surface area (Å²) in [5.41, 5.74) is 0.664. The molecule has 1 amide bonds. The Morgan fingerprint density at radius 3 is 3.20 bits per heavy atom. The van der Waals surface area contributed by atoms with Gasteiger partial charge in [0.25, 0.3) is 5.91 Å². The fraction of sp³-hybridized carbons (Fsp3) is 0.455. The van der Waals surface area contributed by atoms with Gasteiger partial charge in [-0.05, 0) is 18.6 Å². The van der Waals surface area contributed by atoms with Crippen LogP contribution in [0.15, 0.2) is 24.5 Å². The first-order valence-electron chi connectivity index (χ1n) is 5.19. The van der Waals surface area contributed by atoms with E-state index >= 15 is 0 Å². The molecule has 2 aliphatic rings. The molecule has 2 atom stereocenters. The van der Waals surface area contributed by atoms with Crippen molar-refractivity contribution in [3.05, 3.63) is 30.1 Å². The number of likely N-dealkylation sites (tertiary alicyclic amines) is 1. The lowest BCUT2D eigenvalue weighted by Crippen LogP contribution is -2.39. The number of carbonyl (C=O) groups excluding carboxylic acids is 1. The zero-order valence-electron chi connectivity index (χ0n) is 8.30. The van der Waals surface area contributed by atoms with Crippen molar-refractivity contribution < 1.29 is 9.53 Å². The summed E-state index contributed by atoms with van der Waals surface area (Å²) >= 11 is 0. The highest BCUT2D eigenvalue weighted by Crippen LogP contribution is 2.31. The normalized spacial score (nSPS) is 28.4. The number of ether oxygens (including phenoxy) is 1. The highest BCUT2D eigenvalue weighted by Gasteiger charge is 2.44. The van der Waals surface area contributed by atoms with Crippen LogP contribution in [0.2, 0.25) is 0 Å². The van der Waals surface area contributed by atoms with Crippen LogP contribution in [-0.2, 0) is 4.74 Å². The molecule has 2 aliphatic heterocycles. The van der Waals surface area contributed by atoms with E-state index in [-0.39, 0.29) is 5.91 Å². The Balaban J connectivity index is 1.74. The SMILES string of the molecule is O=C(c1cccnc1)N1CC[C@@H]2O[C@H]2C1. The van der Waals surface area contributed by atoms with Gasteiger partial charge in [0.15, 0.2) is 0 Å². The Morgan fingerprint density at radius 2 is 2.47 bits per heavy atom. The molecule has 2 fully saturated rings. The quantitative estimate of drug-likeness (QED) is 0.632. The molecular formula is C11H12N2O2. The number of piperidine rings is 1. The molecule has 3 heterocycles. The standard InChI is InChI=1S/C11H12N2O2/c14-11(8-2-1-4-12-6-8)13-5-3-9-10(7-13)15-9/h1-2,4,6,9-10H,3,5,7H2/t9-,10-/m0/s1. The average Bonchev–Trinajstić information content (AvgIpc) is 3.07. The van der Waals surface area contributed by atoms with Crippen molar-refractivity contribution in [1.82, 2.24) is 9.88 Å². The summed E-state index contributed by atoms with van der Waals surface area (Å²) in [6, 6.07) is 3.59. The van der Waals surface area contributed by atoms with Gasteiger partial charge in [0.1, 0.15) is 6.10 Å². The number of hydrogen-bond donors (Lipinski definition) is 0. The lowest BCUT2D eigenvalue weighted by atomic mass is 10.1. The van der Waals surface area contributed by atoms with Crippen molar-refractivity contribution in [3.63, 3.8) is 0 Å². The molecule has 3 rings (SSSR count). The van der Waals surface area contributed by atoms with Crippen molar-refractivity contribution >= 4 is 5.91 Å². The number of carbonyl (C=O) groups is 1. The van der Waals surface area contributed by atoms with Crippen LogP contribution in [0.5, 0.6) is 0 Å². The van der Waals surface area contributed by atoms with Crippen LogP contribution in [0.4, 0.5) is 0 Å². The molecule has 0 aliphatic carbocycles. The van der Waals surface area contributed by atoms with Crippen LogP contribution in [-0.4, -0.2) is 41.1 Å². The van der Waals surface area contributed by atoms with E-state index in [0.29, 0.717) is 17.8 Å². The molecule has 2 saturated heterocycles. The second kappa shape index (κ2) is 3.31. The van der Waals surface area contributed by atoms with Gasteiger partial charge in [-0.2, -0.15) is 0 Å². The smallest absolute Gasteiger partial charge is 0.255 e. The molecule has 0 aromatic carbocycles. The third-order valence-corrected chi connectivity index (χ3v) is 2.97. The minimum absolute atomic E-state index is 0.0667. The first kappa shape index (κ1) is 8.85. The maximum atomic E-state index is 12.0. The van der Waals surface area contributed by atoms with Crippen molar-refractivity contribution in [2.24, 2.45) is 0 Å². The number of pyridine rings is 1. The zero-order chi connectivity index (χ0) is 10.3. The van der Waals surface area contributed by atoms with Gasteiger partial charge in [0.2, 0.25) is 0 Å². The molecule has 4 heteroatoms. The summed E-state index contributed by atoms with van der Waals surface area (Å²) < 4.78 is 5.38. The second-order valence-electron chi connectivity index (χ2n) is 3.99.